The highest BCUT2D eigenvalue weighted by atomic mass is 16.5. The van der Waals surface area contributed by atoms with Crippen LogP contribution in [0, 0.1) is 0 Å². The van der Waals surface area contributed by atoms with Gasteiger partial charge >= 0.3 is 5.69 Å². The Morgan fingerprint density at radius 2 is 1.75 bits per heavy atom. The van der Waals surface area contributed by atoms with E-state index in [-0.39, 0.29) is 11.5 Å². The fourth-order valence-corrected chi connectivity index (χ4v) is 4.57. The summed E-state index contributed by atoms with van der Waals surface area (Å²) < 4.78 is 6.47. The summed E-state index contributed by atoms with van der Waals surface area (Å²) in [6.07, 6.45) is 2.75. The number of hydrogen-bond donors (Lipinski definition) is 2. The van der Waals surface area contributed by atoms with Crippen LogP contribution in [0.2, 0.25) is 0 Å². The molecular formula is C27H35N5O4. The van der Waals surface area contributed by atoms with Gasteiger partial charge in [-0.1, -0.05) is 19.8 Å². The first-order valence-electron chi connectivity index (χ1n) is 12.7. The number of piperazine rings is 1. The standard InChI is InChI=1S/C27H35N5O4/c1-3-4-5-13-32-26(34)23-11-6-20(19-24(23)29-27(32)35)25(33)28-12-14-30-15-17-31(18-16-30)21-7-9-22(36-2)10-8-21/h6-11,19H,3-5,12-18H2,1-2H3,(H,28,33)(H,29,35). The molecular weight excluding hydrogens is 458 g/mol. The maximum Gasteiger partial charge on any atom is 0.328 e. The fourth-order valence-electron chi connectivity index (χ4n) is 4.57. The van der Waals surface area contributed by atoms with Gasteiger partial charge in [0.25, 0.3) is 11.5 Å². The lowest BCUT2D eigenvalue weighted by Crippen LogP contribution is -2.48. The van der Waals surface area contributed by atoms with E-state index in [0.29, 0.717) is 29.6 Å². The molecule has 0 saturated carbocycles. The second-order valence-electron chi connectivity index (χ2n) is 9.14. The second kappa shape index (κ2) is 11.9. The molecule has 2 aromatic carbocycles. The minimum atomic E-state index is -0.435. The molecule has 0 atom stereocenters. The molecule has 0 unspecified atom stereocenters. The van der Waals surface area contributed by atoms with Gasteiger partial charge in [-0.3, -0.25) is 19.1 Å². The minimum Gasteiger partial charge on any atom is -0.497 e. The highest BCUT2D eigenvalue weighted by molar-refractivity contribution is 5.97. The third-order valence-corrected chi connectivity index (χ3v) is 6.75. The molecule has 0 bridgehead atoms. The average molecular weight is 494 g/mol. The number of methoxy groups -OCH3 is 1. The number of H-pyrrole nitrogens is 1. The number of benzene rings is 2. The SMILES string of the molecule is CCCCCn1c(=O)[nH]c2cc(C(=O)NCCN3CCN(c4ccc(OC)cc4)CC3)ccc2c1=O. The molecule has 4 rings (SSSR count). The Bertz CT molecular complexity index is 1290. The highest BCUT2D eigenvalue weighted by Gasteiger charge is 2.17. The van der Waals surface area contributed by atoms with Crippen LogP contribution in [0.5, 0.6) is 5.75 Å². The van der Waals surface area contributed by atoms with Crippen LogP contribution in [0.1, 0.15) is 36.5 Å². The normalized spacial score (nSPS) is 14.2. The van der Waals surface area contributed by atoms with Gasteiger partial charge in [0.2, 0.25) is 0 Å². The molecule has 1 saturated heterocycles. The average Bonchev–Trinajstić information content (AvgIpc) is 2.90. The summed E-state index contributed by atoms with van der Waals surface area (Å²) in [5.74, 6) is 0.632. The van der Waals surface area contributed by atoms with E-state index >= 15 is 0 Å². The number of aromatic amines is 1. The maximum absolute atomic E-state index is 12.7. The molecule has 9 nitrogen and oxygen atoms in total. The van der Waals surface area contributed by atoms with Crippen LogP contribution in [0.4, 0.5) is 5.69 Å². The molecule has 36 heavy (non-hydrogen) atoms. The van der Waals surface area contributed by atoms with E-state index in [9.17, 15) is 14.4 Å². The summed E-state index contributed by atoms with van der Waals surface area (Å²) >= 11 is 0. The fraction of sp³-hybridized carbons (Fsp3) is 0.444. The third kappa shape index (κ3) is 5.96. The van der Waals surface area contributed by atoms with Gasteiger partial charge in [-0.05, 0) is 48.9 Å². The van der Waals surface area contributed by atoms with Crippen molar-refractivity contribution in [1.82, 2.24) is 19.8 Å². The molecule has 0 radical (unpaired) electrons. The van der Waals surface area contributed by atoms with E-state index in [1.807, 2.05) is 12.1 Å². The number of carbonyl (C=O) groups excluding carboxylic acids is 1. The first kappa shape index (κ1) is 25.5. The number of ether oxygens (including phenoxy) is 1. The molecule has 3 aromatic rings. The lowest BCUT2D eigenvalue weighted by atomic mass is 10.1. The number of amides is 1. The van der Waals surface area contributed by atoms with Gasteiger partial charge in [0.1, 0.15) is 5.75 Å². The molecule has 9 heteroatoms. The van der Waals surface area contributed by atoms with Gasteiger partial charge in [0.15, 0.2) is 0 Å². The van der Waals surface area contributed by atoms with Crippen LogP contribution in [0.25, 0.3) is 10.9 Å². The Morgan fingerprint density at radius 1 is 1.00 bits per heavy atom. The van der Waals surface area contributed by atoms with Gasteiger partial charge in [0.05, 0.1) is 18.0 Å². The first-order chi connectivity index (χ1) is 17.5. The number of unbranched alkanes of at least 4 members (excludes halogenated alkanes) is 2. The van der Waals surface area contributed by atoms with Crippen LogP contribution < -0.4 is 26.2 Å². The van der Waals surface area contributed by atoms with Crippen molar-refractivity contribution >= 4 is 22.5 Å². The molecule has 1 aliphatic rings. The summed E-state index contributed by atoms with van der Waals surface area (Å²) in [4.78, 5) is 45.3. The van der Waals surface area contributed by atoms with Gasteiger partial charge in [-0.25, -0.2) is 4.79 Å². The zero-order chi connectivity index (χ0) is 25.5. The lowest BCUT2D eigenvalue weighted by molar-refractivity contribution is 0.0948. The number of rotatable bonds is 10. The third-order valence-electron chi connectivity index (χ3n) is 6.75. The summed E-state index contributed by atoms with van der Waals surface area (Å²) in [7, 11) is 1.67. The quantitative estimate of drug-likeness (QED) is 0.421. The summed E-state index contributed by atoms with van der Waals surface area (Å²) in [5.41, 5.74) is 1.25. The smallest absolute Gasteiger partial charge is 0.328 e. The van der Waals surface area contributed by atoms with Crippen molar-refractivity contribution in [2.45, 2.75) is 32.7 Å². The van der Waals surface area contributed by atoms with Gasteiger partial charge in [-0.15, -0.1) is 0 Å². The topological polar surface area (TPSA) is 99.7 Å². The Balaban J connectivity index is 1.29. The molecule has 0 aliphatic carbocycles. The number of anilines is 1. The Morgan fingerprint density at radius 3 is 2.44 bits per heavy atom. The van der Waals surface area contributed by atoms with Crippen molar-refractivity contribution in [2.75, 3.05) is 51.3 Å². The Kier molecular flexibility index (Phi) is 8.43. The summed E-state index contributed by atoms with van der Waals surface area (Å²) in [6.45, 7) is 7.44. The van der Waals surface area contributed by atoms with Crippen molar-refractivity contribution < 1.29 is 9.53 Å². The summed E-state index contributed by atoms with van der Waals surface area (Å²) in [6, 6.07) is 12.9. The van der Waals surface area contributed by atoms with Gasteiger partial charge in [0, 0.05) is 57.1 Å². The van der Waals surface area contributed by atoms with Crippen LogP contribution in [-0.4, -0.2) is 66.7 Å². The predicted molar refractivity (Wildman–Crippen MR) is 142 cm³/mol. The number of nitrogens with one attached hydrogen (secondary N) is 2. The zero-order valence-corrected chi connectivity index (χ0v) is 21.1. The number of aromatic nitrogens is 2. The van der Waals surface area contributed by atoms with Crippen LogP contribution in [0.3, 0.4) is 0 Å². The van der Waals surface area contributed by atoms with Crippen molar-refractivity contribution in [3.8, 4) is 5.75 Å². The van der Waals surface area contributed by atoms with Gasteiger partial charge in [-0.2, -0.15) is 0 Å². The molecule has 1 amide bonds. The van der Waals surface area contributed by atoms with Crippen molar-refractivity contribution in [1.29, 1.82) is 0 Å². The van der Waals surface area contributed by atoms with Crippen LogP contribution >= 0.6 is 0 Å². The molecule has 0 spiro atoms. The molecule has 1 aromatic heterocycles. The predicted octanol–water partition coefficient (Wildman–Crippen LogP) is 2.44. The van der Waals surface area contributed by atoms with Crippen molar-refractivity contribution in [3.63, 3.8) is 0 Å². The van der Waals surface area contributed by atoms with E-state index < -0.39 is 5.69 Å². The van der Waals surface area contributed by atoms with E-state index in [1.54, 1.807) is 25.3 Å². The van der Waals surface area contributed by atoms with Gasteiger partial charge < -0.3 is 19.9 Å². The number of nitrogens with zero attached hydrogens (tertiary/aromatic N) is 3. The second-order valence-corrected chi connectivity index (χ2v) is 9.14. The van der Waals surface area contributed by atoms with E-state index in [4.69, 9.17) is 4.74 Å². The van der Waals surface area contributed by atoms with Crippen molar-refractivity contribution in [2.24, 2.45) is 0 Å². The zero-order valence-electron chi connectivity index (χ0n) is 21.1. The first-order valence-corrected chi connectivity index (χ1v) is 12.7. The molecule has 2 heterocycles. The lowest BCUT2D eigenvalue weighted by Gasteiger charge is -2.36. The van der Waals surface area contributed by atoms with E-state index in [2.05, 4.69) is 39.2 Å². The number of fused-ring (bicyclic) bond motifs is 1. The number of carbonyl (C=O) groups is 1. The Hall–Kier alpha value is -3.59. The van der Waals surface area contributed by atoms with E-state index in [1.165, 1.54) is 10.3 Å². The molecule has 192 valence electrons. The molecule has 2 N–H and O–H groups in total. The summed E-state index contributed by atoms with van der Waals surface area (Å²) in [5, 5.41) is 3.37. The monoisotopic (exact) mass is 493 g/mol. The van der Waals surface area contributed by atoms with Crippen molar-refractivity contribution in [3.05, 3.63) is 68.9 Å². The minimum absolute atomic E-state index is 0.221. The molecule has 1 fully saturated rings. The van der Waals surface area contributed by atoms with Crippen LogP contribution in [-0.2, 0) is 6.54 Å². The largest absolute Gasteiger partial charge is 0.497 e. The maximum atomic E-state index is 12.7. The molecule has 1 aliphatic heterocycles. The highest BCUT2D eigenvalue weighted by Crippen LogP contribution is 2.20. The number of hydrogen-bond acceptors (Lipinski definition) is 6. The van der Waals surface area contributed by atoms with E-state index in [0.717, 1.165) is 57.7 Å². The van der Waals surface area contributed by atoms with Crippen LogP contribution in [0.15, 0.2) is 52.1 Å². The Labute approximate surface area is 210 Å².